The predicted molar refractivity (Wildman–Crippen MR) is 92.9 cm³/mol. The first-order valence-corrected chi connectivity index (χ1v) is 8.26. The van der Waals surface area contributed by atoms with Crippen molar-refractivity contribution in [3.05, 3.63) is 36.0 Å². The van der Waals surface area contributed by atoms with E-state index in [2.05, 4.69) is 4.98 Å². The average Bonchev–Trinajstić information content (AvgIpc) is 2.57. The number of hydrogen-bond acceptors (Lipinski definition) is 4. The van der Waals surface area contributed by atoms with Gasteiger partial charge >= 0.3 is 0 Å². The van der Waals surface area contributed by atoms with Gasteiger partial charge in [-0.25, -0.2) is 0 Å². The maximum absolute atomic E-state index is 12.9. The van der Waals surface area contributed by atoms with Crippen molar-refractivity contribution in [1.29, 1.82) is 0 Å². The van der Waals surface area contributed by atoms with Crippen LogP contribution in [0.3, 0.4) is 0 Å². The van der Waals surface area contributed by atoms with Crippen LogP contribution in [0.5, 0.6) is 5.75 Å². The fraction of sp³-hybridized carbons (Fsp3) is 0.474. The summed E-state index contributed by atoms with van der Waals surface area (Å²) in [6.07, 6.45) is 4.67. The van der Waals surface area contributed by atoms with Crippen LogP contribution >= 0.6 is 0 Å². The minimum Gasteiger partial charge on any atom is -0.494 e. The molecule has 3 rings (SSSR count). The normalized spacial score (nSPS) is 15.8. The molecule has 5 nitrogen and oxygen atoms in total. The van der Waals surface area contributed by atoms with Crippen molar-refractivity contribution in [2.75, 3.05) is 27.9 Å². The van der Waals surface area contributed by atoms with E-state index in [1.807, 2.05) is 36.2 Å². The first kappa shape index (κ1) is 16.7. The molecule has 0 saturated heterocycles. The van der Waals surface area contributed by atoms with E-state index in [1.54, 1.807) is 20.4 Å². The molecule has 0 radical (unpaired) electrons. The summed E-state index contributed by atoms with van der Waals surface area (Å²) in [6, 6.07) is 7.85. The Balaban J connectivity index is 1.86. The molecular formula is C19H24N2O3. The Kier molecular flexibility index (Phi) is 4.71. The fourth-order valence-electron chi connectivity index (χ4n) is 3.54. The highest BCUT2D eigenvalue weighted by Gasteiger charge is 2.45. The minimum atomic E-state index is -0.329. The van der Waals surface area contributed by atoms with Gasteiger partial charge in [-0.1, -0.05) is 18.6 Å². The molecule has 24 heavy (non-hydrogen) atoms. The topological polar surface area (TPSA) is 51.7 Å². The van der Waals surface area contributed by atoms with Crippen molar-refractivity contribution in [2.45, 2.75) is 25.8 Å². The van der Waals surface area contributed by atoms with E-state index >= 15 is 0 Å². The van der Waals surface area contributed by atoms with Gasteiger partial charge < -0.3 is 14.4 Å². The molecule has 1 fully saturated rings. The van der Waals surface area contributed by atoms with E-state index in [0.29, 0.717) is 13.2 Å². The maximum atomic E-state index is 12.9. The van der Waals surface area contributed by atoms with Gasteiger partial charge in [-0.3, -0.25) is 9.78 Å². The van der Waals surface area contributed by atoms with Crippen LogP contribution < -0.4 is 4.74 Å². The van der Waals surface area contributed by atoms with E-state index in [-0.39, 0.29) is 11.3 Å². The van der Waals surface area contributed by atoms with Crippen LogP contribution in [0.25, 0.3) is 10.9 Å². The summed E-state index contributed by atoms with van der Waals surface area (Å²) in [5, 5.41) is 1.02. The van der Waals surface area contributed by atoms with Crippen molar-refractivity contribution in [1.82, 2.24) is 9.88 Å². The van der Waals surface area contributed by atoms with Crippen LogP contribution in [-0.4, -0.2) is 43.7 Å². The Bertz CT molecular complexity index is 740. The number of carbonyl (C=O) groups excluding carboxylic acids is 1. The summed E-state index contributed by atoms with van der Waals surface area (Å²) in [5.74, 6) is 0.918. The van der Waals surface area contributed by atoms with Crippen LogP contribution in [0.4, 0.5) is 0 Å². The third-order valence-electron chi connectivity index (χ3n) is 4.98. The molecule has 0 atom stereocenters. The largest absolute Gasteiger partial charge is 0.494 e. The molecule has 0 unspecified atom stereocenters. The molecule has 128 valence electrons. The van der Waals surface area contributed by atoms with Gasteiger partial charge in [-0.2, -0.15) is 0 Å². The van der Waals surface area contributed by atoms with Gasteiger partial charge in [0, 0.05) is 32.3 Å². The number of rotatable bonds is 6. The molecule has 1 saturated carbocycles. The molecule has 0 spiro atoms. The molecule has 1 aliphatic rings. The molecule has 1 heterocycles. The van der Waals surface area contributed by atoms with E-state index in [4.69, 9.17) is 9.47 Å². The lowest BCUT2D eigenvalue weighted by atomic mass is 9.68. The smallest absolute Gasteiger partial charge is 0.231 e. The van der Waals surface area contributed by atoms with Crippen molar-refractivity contribution in [2.24, 2.45) is 5.41 Å². The van der Waals surface area contributed by atoms with Crippen LogP contribution in [0.2, 0.25) is 0 Å². The summed E-state index contributed by atoms with van der Waals surface area (Å²) in [5.41, 5.74) is 1.57. The number of methoxy groups -OCH3 is 2. The Morgan fingerprint density at radius 2 is 2.08 bits per heavy atom. The van der Waals surface area contributed by atoms with Crippen LogP contribution in [0.15, 0.2) is 30.5 Å². The molecule has 1 aromatic carbocycles. The second-order valence-electron chi connectivity index (χ2n) is 6.55. The van der Waals surface area contributed by atoms with E-state index in [9.17, 15) is 4.79 Å². The van der Waals surface area contributed by atoms with Crippen molar-refractivity contribution >= 4 is 16.8 Å². The Morgan fingerprint density at radius 3 is 2.71 bits per heavy atom. The quantitative estimate of drug-likeness (QED) is 0.818. The summed E-state index contributed by atoms with van der Waals surface area (Å²) in [6.45, 7) is 1.05. The van der Waals surface area contributed by atoms with Crippen LogP contribution in [0, 0.1) is 5.41 Å². The van der Waals surface area contributed by atoms with Gasteiger partial charge in [0.05, 0.1) is 19.1 Å². The number of ether oxygens (including phenoxy) is 2. The van der Waals surface area contributed by atoms with Gasteiger partial charge in [0.15, 0.2) is 0 Å². The highest BCUT2D eigenvalue weighted by molar-refractivity contribution is 5.88. The second kappa shape index (κ2) is 6.77. The zero-order chi connectivity index (χ0) is 17.2. The number of aromatic nitrogens is 1. The zero-order valence-electron chi connectivity index (χ0n) is 14.5. The number of carbonyl (C=O) groups is 1. The molecule has 5 heteroatoms. The van der Waals surface area contributed by atoms with Crippen LogP contribution in [0.1, 0.15) is 24.8 Å². The highest BCUT2D eigenvalue weighted by Crippen LogP contribution is 2.43. The number of amides is 1. The molecule has 1 aliphatic carbocycles. The van der Waals surface area contributed by atoms with E-state index in [0.717, 1.165) is 41.5 Å². The summed E-state index contributed by atoms with van der Waals surface area (Å²) in [7, 11) is 5.17. The highest BCUT2D eigenvalue weighted by atomic mass is 16.5. The predicted octanol–water partition coefficient (Wildman–Crippen LogP) is 3.02. The van der Waals surface area contributed by atoms with Gasteiger partial charge in [0.1, 0.15) is 11.3 Å². The van der Waals surface area contributed by atoms with Crippen molar-refractivity contribution < 1.29 is 14.3 Å². The van der Waals surface area contributed by atoms with Crippen molar-refractivity contribution in [3.63, 3.8) is 0 Å². The third-order valence-corrected chi connectivity index (χ3v) is 4.98. The number of nitrogens with zero attached hydrogens (tertiary/aromatic N) is 2. The minimum absolute atomic E-state index is 0.170. The first-order valence-electron chi connectivity index (χ1n) is 8.26. The molecule has 2 aromatic rings. The fourth-order valence-corrected chi connectivity index (χ4v) is 3.54. The molecule has 1 amide bonds. The van der Waals surface area contributed by atoms with Gasteiger partial charge in [-0.15, -0.1) is 0 Å². The Morgan fingerprint density at radius 1 is 1.29 bits per heavy atom. The standard InChI is InChI=1S/C19H24N2O3/c1-21(18(22)19(13-23-2)9-5-10-19)12-14-7-8-16(24-3)17-15(14)6-4-11-20-17/h4,6-8,11H,5,9-10,12-13H2,1-3H3. The summed E-state index contributed by atoms with van der Waals surface area (Å²) < 4.78 is 10.7. The van der Waals surface area contributed by atoms with Crippen LogP contribution in [-0.2, 0) is 16.1 Å². The van der Waals surface area contributed by atoms with Gasteiger partial charge in [0.25, 0.3) is 0 Å². The van der Waals surface area contributed by atoms with E-state index < -0.39 is 0 Å². The zero-order valence-corrected chi connectivity index (χ0v) is 14.5. The monoisotopic (exact) mass is 328 g/mol. The first-order chi connectivity index (χ1) is 11.6. The lowest BCUT2D eigenvalue weighted by Gasteiger charge is -2.42. The van der Waals surface area contributed by atoms with Gasteiger partial charge in [0.2, 0.25) is 5.91 Å². The molecule has 0 bridgehead atoms. The second-order valence-corrected chi connectivity index (χ2v) is 6.55. The maximum Gasteiger partial charge on any atom is 0.231 e. The number of pyridine rings is 1. The number of fused-ring (bicyclic) bond motifs is 1. The SMILES string of the molecule is COCC1(C(=O)N(C)Cc2ccc(OC)c3ncccc23)CCC1. The number of benzene rings is 1. The molecule has 0 aliphatic heterocycles. The Hall–Kier alpha value is -2.14. The molecule has 0 N–H and O–H groups in total. The summed E-state index contributed by atoms with van der Waals surface area (Å²) in [4.78, 5) is 19.1. The number of hydrogen-bond donors (Lipinski definition) is 0. The van der Waals surface area contributed by atoms with Crippen molar-refractivity contribution in [3.8, 4) is 5.75 Å². The Labute approximate surface area is 142 Å². The average molecular weight is 328 g/mol. The molecule has 1 aromatic heterocycles. The summed E-state index contributed by atoms with van der Waals surface area (Å²) >= 11 is 0. The lowest BCUT2D eigenvalue weighted by Crippen LogP contribution is -2.48. The van der Waals surface area contributed by atoms with E-state index in [1.165, 1.54) is 0 Å². The van der Waals surface area contributed by atoms with Gasteiger partial charge in [-0.05, 0) is 30.5 Å². The molecular weight excluding hydrogens is 304 g/mol. The third kappa shape index (κ3) is 2.84. The lowest BCUT2D eigenvalue weighted by molar-refractivity contribution is -0.151.